The van der Waals surface area contributed by atoms with Crippen molar-refractivity contribution in [2.75, 3.05) is 19.6 Å². The van der Waals surface area contributed by atoms with Crippen LogP contribution in [0.5, 0.6) is 0 Å². The van der Waals surface area contributed by atoms with Crippen LogP contribution in [0.1, 0.15) is 32.4 Å². The second kappa shape index (κ2) is 5.44. The zero-order valence-electron chi connectivity index (χ0n) is 13.0. The van der Waals surface area contributed by atoms with Crippen molar-refractivity contribution in [1.29, 1.82) is 0 Å². The van der Waals surface area contributed by atoms with Crippen molar-refractivity contribution in [3.05, 3.63) is 36.1 Å². The summed E-state index contributed by atoms with van der Waals surface area (Å²) >= 11 is 0. The lowest BCUT2D eigenvalue weighted by Gasteiger charge is -2.44. The van der Waals surface area contributed by atoms with E-state index >= 15 is 0 Å². The standard InChI is InChI=1S/C17H24N2O2/c1-12-9-19(11-17(2,3)21-12)15(8-18)14-10-20-16-7-5-4-6-13(14)16/h4-7,10,12,15H,8-9,11,18H2,1-3H3. The number of hydrogen-bond acceptors (Lipinski definition) is 4. The van der Waals surface area contributed by atoms with E-state index in [0.29, 0.717) is 6.54 Å². The number of hydrogen-bond donors (Lipinski definition) is 1. The molecule has 2 heterocycles. The maximum atomic E-state index is 6.10. The first kappa shape index (κ1) is 14.6. The zero-order valence-corrected chi connectivity index (χ0v) is 13.0. The van der Waals surface area contributed by atoms with E-state index < -0.39 is 0 Å². The smallest absolute Gasteiger partial charge is 0.134 e. The van der Waals surface area contributed by atoms with Crippen LogP contribution >= 0.6 is 0 Å². The van der Waals surface area contributed by atoms with Crippen LogP contribution in [-0.2, 0) is 4.74 Å². The Morgan fingerprint density at radius 2 is 2.14 bits per heavy atom. The average Bonchev–Trinajstić information content (AvgIpc) is 2.82. The molecule has 1 aromatic carbocycles. The predicted molar refractivity (Wildman–Crippen MR) is 84.2 cm³/mol. The molecule has 2 unspecified atom stereocenters. The van der Waals surface area contributed by atoms with Gasteiger partial charge in [0.05, 0.1) is 24.0 Å². The number of nitrogens with zero attached hydrogens (tertiary/aromatic N) is 1. The molecule has 21 heavy (non-hydrogen) atoms. The number of para-hydroxylation sites is 1. The van der Waals surface area contributed by atoms with Crippen LogP contribution in [0.15, 0.2) is 34.9 Å². The monoisotopic (exact) mass is 288 g/mol. The summed E-state index contributed by atoms with van der Waals surface area (Å²) in [5, 5.41) is 1.16. The summed E-state index contributed by atoms with van der Waals surface area (Å²) in [5.41, 5.74) is 8.05. The highest BCUT2D eigenvalue weighted by atomic mass is 16.5. The van der Waals surface area contributed by atoms with Gasteiger partial charge in [0.2, 0.25) is 0 Å². The molecule has 4 heteroatoms. The second-order valence-electron chi connectivity index (χ2n) is 6.56. The Morgan fingerprint density at radius 3 is 2.86 bits per heavy atom. The van der Waals surface area contributed by atoms with Gasteiger partial charge in [-0.3, -0.25) is 4.90 Å². The largest absolute Gasteiger partial charge is 0.464 e. The molecule has 0 bridgehead atoms. The van der Waals surface area contributed by atoms with Crippen LogP contribution < -0.4 is 5.73 Å². The van der Waals surface area contributed by atoms with Crippen molar-refractivity contribution in [1.82, 2.24) is 4.90 Å². The van der Waals surface area contributed by atoms with Gasteiger partial charge in [-0.05, 0) is 26.8 Å². The molecule has 0 amide bonds. The first-order valence-electron chi connectivity index (χ1n) is 7.58. The number of benzene rings is 1. The molecule has 2 atom stereocenters. The molecule has 1 fully saturated rings. The SMILES string of the molecule is CC1CN(C(CN)c2coc3ccccc23)CC(C)(C)O1. The van der Waals surface area contributed by atoms with Gasteiger partial charge in [0.15, 0.2) is 0 Å². The van der Waals surface area contributed by atoms with E-state index in [4.69, 9.17) is 14.9 Å². The van der Waals surface area contributed by atoms with Gasteiger partial charge in [-0.1, -0.05) is 18.2 Å². The minimum Gasteiger partial charge on any atom is -0.464 e. The van der Waals surface area contributed by atoms with Crippen molar-refractivity contribution in [3.8, 4) is 0 Å². The number of fused-ring (bicyclic) bond motifs is 1. The highest BCUT2D eigenvalue weighted by molar-refractivity contribution is 5.81. The third kappa shape index (κ3) is 2.84. The van der Waals surface area contributed by atoms with E-state index in [9.17, 15) is 0 Å². The molecule has 2 N–H and O–H groups in total. The molecule has 1 saturated heterocycles. The number of furan rings is 1. The Hall–Kier alpha value is -1.36. The van der Waals surface area contributed by atoms with E-state index in [1.807, 2.05) is 24.5 Å². The third-order valence-corrected chi connectivity index (χ3v) is 4.13. The van der Waals surface area contributed by atoms with Crippen LogP contribution in [0, 0.1) is 0 Å². The van der Waals surface area contributed by atoms with Crippen LogP contribution in [0.4, 0.5) is 0 Å². The summed E-state index contributed by atoms with van der Waals surface area (Å²) in [4.78, 5) is 2.42. The molecule has 0 saturated carbocycles. The summed E-state index contributed by atoms with van der Waals surface area (Å²) in [6.45, 7) is 8.73. The fraction of sp³-hybridized carbons (Fsp3) is 0.529. The highest BCUT2D eigenvalue weighted by Gasteiger charge is 2.35. The summed E-state index contributed by atoms with van der Waals surface area (Å²) in [6.07, 6.45) is 2.07. The fourth-order valence-corrected chi connectivity index (χ4v) is 3.47. The molecule has 0 aliphatic carbocycles. The fourth-order valence-electron chi connectivity index (χ4n) is 3.47. The van der Waals surface area contributed by atoms with E-state index in [1.54, 1.807) is 0 Å². The van der Waals surface area contributed by atoms with Gasteiger partial charge < -0.3 is 14.9 Å². The lowest BCUT2D eigenvalue weighted by Crippen LogP contribution is -2.53. The van der Waals surface area contributed by atoms with Crippen LogP contribution in [-0.4, -0.2) is 36.2 Å². The predicted octanol–water partition coefficient (Wildman–Crippen LogP) is 2.93. The Morgan fingerprint density at radius 1 is 1.38 bits per heavy atom. The molecule has 1 aliphatic heterocycles. The average molecular weight is 288 g/mol. The van der Waals surface area contributed by atoms with Gasteiger partial charge in [0, 0.05) is 30.6 Å². The van der Waals surface area contributed by atoms with Crippen molar-refractivity contribution in [2.45, 2.75) is 38.5 Å². The number of rotatable bonds is 3. The highest BCUT2D eigenvalue weighted by Crippen LogP contribution is 2.33. The number of nitrogens with two attached hydrogens (primary N) is 1. The topological polar surface area (TPSA) is 51.6 Å². The molecule has 2 aromatic rings. The van der Waals surface area contributed by atoms with Gasteiger partial charge in [0.25, 0.3) is 0 Å². The van der Waals surface area contributed by atoms with E-state index in [1.165, 1.54) is 5.56 Å². The molecule has 1 aliphatic rings. The number of morpholine rings is 1. The molecule has 114 valence electrons. The van der Waals surface area contributed by atoms with Crippen molar-refractivity contribution in [2.24, 2.45) is 5.73 Å². The third-order valence-electron chi connectivity index (χ3n) is 4.13. The molecular weight excluding hydrogens is 264 g/mol. The molecule has 4 nitrogen and oxygen atoms in total. The van der Waals surface area contributed by atoms with Gasteiger partial charge in [-0.25, -0.2) is 0 Å². The number of ether oxygens (including phenoxy) is 1. The van der Waals surface area contributed by atoms with E-state index in [0.717, 1.165) is 24.1 Å². The van der Waals surface area contributed by atoms with Crippen molar-refractivity contribution >= 4 is 11.0 Å². The van der Waals surface area contributed by atoms with Crippen molar-refractivity contribution < 1.29 is 9.15 Å². The second-order valence-corrected chi connectivity index (χ2v) is 6.56. The summed E-state index contributed by atoms with van der Waals surface area (Å²) in [7, 11) is 0. The molecule has 0 spiro atoms. The van der Waals surface area contributed by atoms with Crippen molar-refractivity contribution in [3.63, 3.8) is 0 Å². The van der Waals surface area contributed by atoms with Gasteiger partial charge in [-0.15, -0.1) is 0 Å². The first-order chi connectivity index (χ1) is 10.00. The maximum Gasteiger partial charge on any atom is 0.134 e. The van der Waals surface area contributed by atoms with E-state index in [-0.39, 0.29) is 17.7 Å². The summed E-state index contributed by atoms with van der Waals surface area (Å²) in [6, 6.07) is 8.30. The minimum absolute atomic E-state index is 0.148. The van der Waals surface area contributed by atoms with E-state index in [2.05, 4.69) is 31.7 Å². The molecule has 3 rings (SSSR count). The lowest BCUT2D eigenvalue weighted by molar-refractivity contribution is -0.137. The van der Waals surface area contributed by atoms with Crippen LogP contribution in [0.2, 0.25) is 0 Å². The quantitative estimate of drug-likeness (QED) is 0.943. The van der Waals surface area contributed by atoms with Crippen LogP contribution in [0.25, 0.3) is 11.0 Å². The lowest BCUT2D eigenvalue weighted by atomic mass is 9.99. The summed E-state index contributed by atoms with van der Waals surface area (Å²) in [5.74, 6) is 0. The van der Waals surface area contributed by atoms with Gasteiger partial charge in [0.1, 0.15) is 5.58 Å². The Balaban J connectivity index is 1.94. The first-order valence-corrected chi connectivity index (χ1v) is 7.58. The molecule has 1 aromatic heterocycles. The zero-order chi connectivity index (χ0) is 15.0. The molecule has 0 radical (unpaired) electrons. The van der Waals surface area contributed by atoms with Crippen LogP contribution in [0.3, 0.4) is 0 Å². The summed E-state index contributed by atoms with van der Waals surface area (Å²) < 4.78 is 11.7. The molecular formula is C17H24N2O2. The minimum atomic E-state index is -0.148. The van der Waals surface area contributed by atoms with Gasteiger partial charge >= 0.3 is 0 Å². The Kier molecular flexibility index (Phi) is 3.78. The Bertz CT molecular complexity index is 620. The maximum absolute atomic E-state index is 6.10. The Labute approximate surface area is 125 Å². The normalized spacial score (nSPS) is 24.3. The van der Waals surface area contributed by atoms with Gasteiger partial charge in [-0.2, -0.15) is 0 Å².